The Bertz CT molecular complexity index is 651. The fourth-order valence-corrected chi connectivity index (χ4v) is 1.76. The molecule has 2 aromatic carbocycles. The Balaban J connectivity index is 2.09. The molecule has 2 rings (SSSR count). The molecule has 5 heteroatoms. The molecular weight excluding hydrogens is 266 g/mol. The minimum absolute atomic E-state index is 0.252. The highest BCUT2D eigenvalue weighted by molar-refractivity contribution is 5.99. The van der Waals surface area contributed by atoms with E-state index in [1.165, 1.54) is 5.01 Å². The first-order chi connectivity index (χ1) is 10.1. The molecule has 0 aliphatic rings. The van der Waals surface area contributed by atoms with Crippen LogP contribution in [0, 0.1) is 0 Å². The third-order valence-electron chi connectivity index (χ3n) is 2.98. The van der Waals surface area contributed by atoms with Crippen LogP contribution in [0.3, 0.4) is 0 Å². The molecule has 0 heterocycles. The third kappa shape index (κ3) is 3.60. The predicted octanol–water partition coefficient (Wildman–Crippen LogP) is 2.38. The van der Waals surface area contributed by atoms with Crippen LogP contribution in [0.5, 0.6) is 5.75 Å². The first-order valence-electron chi connectivity index (χ1n) is 6.42. The van der Waals surface area contributed by atoms with Gasteiger partial charge in [0.1, 0.15) is 5.75 Å². The fraction of sp³-hybridized carbons (Fsp3) is 0.125. The van der Waals surface area contributed by atoms with Crippen LogP contribution in [0.4, 0.5) is 5.69 Å². The summed E-state index contributed by atoms with van der Waals surface area (Å²) in [5, 5.41) is 5.39. The van der Waals surface area contributed by atoms with Crippen molar-refractivity contribution < 1.29 is 9.53 Å². The molecule has 0 aliphatic heterocycles. The maximum Gasteiger partial charge on any atom is 0.275 e. The number of amides is 1. The molecule has 0 aromatic heterocycles. The Morgan fingerprint density at radius 3 is 2.48 bits per heavy atom. The summed E-state index contributed by atoms with van der Waals surface area (Å²) in [4.78, 5) is 12.2. The second kappa shape index (κ2) is 6.56. The van der Waals surface area contributed by atoms with Gasteiger partial charge in [-0.3, -0.25) is 4.79 Å². The van der Waals surface area contributed by atoms with Gasteiger partial charge in [-0.15, -0.1) is 0 Å². The zero-order valence-corrected chi connectivity index (χ0v) is 12.0. The lowest BCUT2D eigenvalue weighted by Gasteiger charge is -2.12. The van der Waals surface area contributed by atoms with Crippen molar-refractivity contribution in [2.75, 3.05) is 19.9 Å². The van der Waals surface area contributed by atoms with Gasteiger partial charge in [-0.05, 0) is 42.0 Å². The lowest BCUT2D eigenvalue weighted by molar-refractivity contribution is 0.0801. The van der Waals surface area contributed by atoms with Crippen molar-refractivity contribution in [3.8, 4) is 5.75 Å². The Labute approximate surface area is 123 Å². The van der Waals surface area contributed by atoms with Gasteiger partial charge in [-0.1, -0.05) is 12.1 Å². The molecule has 2 aromatic rings. The highest BCUT2D eigenvalue weighted by Crippen LogP contribution is 2.13. The number of nitrogen functional groups attached to an aromatic ring is 1. The highest BCUT2D eigenvalue weighted by atomic mass is 16.5. The second-order valence-electron chi connectivity index (χ2n) is 4.43. The Kier molecular flexibility index (Phi) is 4.56. The van der Waals surface area contributed by atoms with Gasteiger partial charge in [0.25, 0.3) is 5.91 Å². The summed E-state index contributed by atoms with van der Waals surface area (Å²) >= 11 is 0. The van der Waals surface area contributed by atoms with Crippen molar-refractivity contribution in [3.05, 3.63) is 59.7 Å². The average Bonchev–Trinajstić information content (AvgIpc) is 2.53. The normalized spacial score (nSPS) is 10.6. The summed E-state index contributed by atoms with van der Waals surface area (Å²) in [5.41, 5.74) is 7.53. The molecule has 0 aliphatic carbocycles. The summed E-state index contributed by atoms with van der Waals surface area (Å²) in [6.45, 7) is 0. The second-order valence-corrected chi connectivity index (χ2v) is 4.43. The van der Waals surface area contributed by atoms with E-state index in [2.05, 4.69) is 5.10 Å². The van der Waals surface area contributed by atoms with Crippen molar-refractivity contribution in [1.82, 2.24) is 5.01 Å². The molecule has 21 heavy (non-hydrogen) atoms. The van der Waals surface area contributed by atoms with E-state index < -0.39 is 0 Å². The van der Waals surface area contributed by atoms with Crippen LogP contribution in [0.15, 0.2) is 53.6 Å². The van der Waals surface area contributed by atoms with Crippen molar-refractivity contribution in [2.24, 2.45) is 5.10 Å². The van der Waals surface area contributed by atoms with Crippen LogP contribution in [-0.4, -0.2) is 31.3 Å². The number of hydrogen-bond acceptors (Lipinski definition) is 4. The molecule has 0 atom stereocenters. The number of benzene rings is 2. The van der Waals surface area contributed by atoms with E-state index in [4.69, 9.17) is 10.5 Å². The zero-order valence-electron chi connectivity index (χ0n) is 12.0. The van der Waals surface area contributed by atoms with Crippen LogP contribution in [0.25, 0.3) is 0 Å². The molecule has 0 saturated carbocycles. The number of carbonyl (C=O) groups excluding carboxylic acids is 1. The number of rotatable bonds is 4. The molecule has 0 unspecified atom stereocenters. The summed E-state index contributed by atoms with van der Waals surface area (Å²) in [6, 6.07) is 14.3. The Morgan fingerprint density at radius 1 is 1.19 bits per heavy atom. The molecule has 0 bridgehead atoms. The van der Waals surface area contributed by atoms with Gasteiger partial charge in [-0.25, -0.2) is 5.01 Å². The number of nitrogens with two attached hydrogens (primary N) is 1. The molecule has 0 radical (unpaired) electrons. The maximum atomic E-state index is 12.2. The van der Waals surface area contributed by atoms with E-state index in [-0.39, 0.29) is 5.91 Å². The standard InChI is InChI=1S/C16H17N3O2/c1-19(16(20)14-5-3-4-6-15(14)17)18-11-12-7-9-13(21-2)10-8-12/h3-11H,17H2,1-2H3/b18-11+. The molecule has 0 saturated heterocycles. The zero-order chi connectivity index (χ0) is 15.2. The number of hydrazone groups is 1. The number of hydrogen-bond donors (Lipinski definition) is 1. The summed E-state index contributed by atoms with van der Waals surface area (Å²) < 4.78 is 5.08. The van der Waals surface area contributed by atoms with Gasteiger partial charge in [0.2, 0.25) is 0 Å². The molecule has 1 amide bonds. The van der Waals surface area contributed by atoms with Gasteiger partial charge in [0, 0.05) is 12.7 Å². The summed E-state index contributed by atoms with van der Waals surface area (Å²) in [5.74, 6) is 0.520. The quantitative estimate of drug-likeness (QED) is 0.532. The van der Waals surface area contributed by atoms with Crippen LogP contribution < -0.4 is 10.5 Å². The van der Waals surface area contributed by atoms with Crippen molar-refractivity contribution in [1.29, 1.82) is 0 Å². The Hall–Kier alpha value is -2.82. The maximum absolute atomic E-state index is 12.2. The molecule has 108 valence electrons. The summed E-state index contributed by atoms with van der Waals surface area (Å²) in [7, 11) is 3.20. The summed E-state index contributed by atoms with van der Waals surface area (Å²) in [6.07, 6.45) is 1.61. The number of ether oxygens (including phenoxy) is 1. The topological polar surface area (TPSA) is 67.9 Å². The van der Waals surface area contributed by atoms with Gasteiger partial charge >= 0.3 is 0 Å². The first kappa shape index (κ1) is 14.6. The average molecular weight is 283 g/mol. The molecule has 2 N–H and O–H groups in total. The molecule has 0 spiro atoms. The smallest absolute Gasteiger partial charge is 0.275 e. The van der Waals surface area contributed by atoms with Crippen LogP contribution in [-0.2, 0) is 0 Å². The van der Waals surface area contributed by atoms with Crippen molar-refractivity contribution in [2.45, 2.75) is 0 Å². The fourth-order valence-electron chi connectivity index (χ4n) is 1.76. The lowest BCUT2D eigenvalue weighted by Crippen LogP contribution is -2.22. The van der Waals surface area contributed by atoms with E-state index in [0.717, 1.165) is 11.3 Å². The molecule has 0 fully saturated rings. The minimum Gasteiger partial charge on any atom is -0.497 e. The van der Waals surface area contributed by atoms with Gasteiger partial charge in [0.15, 0.2) is 0 Å². The van der Waals surface area contributed by atoms with Crippen molar-refractivity contribution >= 4 is 17.8 Å². The number of anilines is 1. The van der Waals surface area contributed by atoms with Gasteiger partial charge in [0.05, 0.1) is 18.9 Å². The van der Waals surface area contributed by atoms with E-state index in [1.54, 1.807) is 44.6 Å². The van der Waals surface area contributed by atoms with Gasteiger partial charge in [-0.2, -0.15) is 5.10 Å². The number of methoxy groups -OCH3 is 1. The van der Waals surface area contributed by atoms with Crippen molar-refractivity contribution in [3.63, 3.8) is 0 Å². The van der Waals surface area contributed by atoms with E-state index in [0.29, 0.717) is 11.3 Å². The Morgan fingerprint density at radius 2 is 1.86 bits per heavy atom. The van der Waals surface area contributed by atoms with Crippen LogP contribution in [0.2, 0.25) is 0 Å². The van der Waals surface area contributed by atoms with E-state index >= 15 is 0 Å². The first-order valence-corrected chi connectivity index (χ1v) is 6.42. The third-order valence-corrected chi connectivity index (χ3v) is 2.98. The highest BCUT2D eigenvalue weighted by Gasteiger charge is 2.12. The largest absolute Gasteiger partial charge is 0.497 e. The van der Waals surface area contributed by atoms with E-state index in [9.17, 15) is 4.79 Å². The lowest BCUT2D eigenvalue weighted by atomic mass is 10.1. The molecule has 5 nitrogen and oxygen atoms in total. The number of para-hydroxylation sites is 1. The van der Waals surface area contributed by atoms with Gasteiger partial charge < -0.3 is 10.5 Å². The number of carbonyl (C=O) groups is 1. The predicted molar refractivity (Wildman–Crippen MR) is 83.5 cm³/mol. The molecular formula is C16H17N3O2. The number of nitrogens with zero attached hydrogens (tertiary/aromatic N) is 2. The SMILES string of the molecule is COc1ccc(/C=N/N(C)C(=O)c2ccccc2N)cc1. The van der Waals surface area contributed by atoms with Crippen LogP contribution in [0.1, 0.15) is 15.9 Å². The van der Waals surface area contributed by atoms with E-state index in [1.807, 2.05) is 24.3 Å². The van der Waals surface area contributed by atoms with Crippen LogP contribution >= 0.6 is 0 Å². The minimum atomic E-state index is -0.252. The monoisotopic (exact) mass is 283 g/mol.